The number of anilines is 1. The molecule has 2 aromatic rings. The highest BCUT2D eigenvalue weighted by Crippen LogP contribution is 2.36. The largest absolute Gasteiger partial charge is 0.387 e. The van der Waals surface area contributed by atoms with Crippen molar-refractivity contribution in [3.63, 3.8) is 0 Å². The molecule has 1 saturated heterocycles. The zero-order chi connectivity index (χ0) is 18.0. The van der Waals surface area contributed by atoms with E-state index in [1.807, 2.05) is 11.5 Å². The third-order valence-corrected chi connectivity index (χ3v) is 4.67. The molecule has 0 bridgehead atoms. The molecule has 8 nitrogen and oxygen atoms in total. The summed E-state index contributed by atoms with van der Waals surface area (Å²) < 4.78 is 13.9. The second kappa shape index (κ2) is 7.86. The van der Waals surface area contributed by atoms with E-state index < -0.39 is 24.5 Å². The lowest BCUT2D eigenvalue weighted by Crippen LogP contribution is -2.35. The Labute approximate surface area is 152 Å². The van der Waals surface area contributed by atoms with Crippen LogP contribution >= 0.6 is 12.6 Å². The molecule has 4 atom stereocenters. The first-order valence-electron chi connectivity index (χ1n) is 8.65. The lowest BCUT2D eigenvalue weighted by atomic mass is 10.1. The van der Waals surface area contributed by atoms with Crippen LogP contribution < -0.4 is 5.73 Å². The predicted octanol–water partition coefficient (Wildman–Crippen LogP) is 1.34. The Hall–Kier alpha value is -1.42. The van der Waals surface area contributed by atoms with Gasteiger partial charge in [0.15, 0.2) is 23.2 Å². The van der Waals surface area contributed by atoms with E-state index in [9.17, 15) is 5.11 Å². The van der Waals surface area contributed by atoms with Gasteiger partial charge in [-0.05, 0) is 12.8 Å². The monoisotopic (exact) mass is 367 g/mol. The molecule has 1 fully saturated rings. The zero-order valence-corrected chi connectivity index (χ0v) is 15.4. The fourth-order valence-electron chi connectivity index (χ4n) is 3.15. The van der Waals surface area contributed by atoms with E-state index >= 15 is 0 Å². The van der Waals surface area contributed by atoms with Gasteiger partial charge in [-0.3, -0.25) is 4.57 Å². The summed E-state index contributed by atoms with van der Waals surface area (Å²) in [5.74, 6) is 1.53. The maximum absolute atomic E-state index is 10.6. The van der Waals surface area contributed by atoms with Crippen LogP contribution in [0, 0.1) is 0 Å². The summed E-state index contributed by atoms with van der Waals surface area (Å²) in [6.07, 6.45) is 1.68. The van der Waals surface area contributed by atoms with Crippen molar-refractivity contribution >= 4 is 29.6 Å². The van der Waals surface area contributed by atoms with Crippen molar-refractivity contribution in [1.29, 1.82) is 0 Å². The van der Waals surface area contributed by atoms with Gasteiger partial charge in [0, 0.05) is 18.8 Å². The number of nitrogens with two attached hydrogens (primary N) is 1. The number of aryl methyl sites for hydroxylation is 1. The molecule has 1 aliphatic rings. The van der Waals surface area contributed by atoms with Crippen molar-refractivity contribution in [3.8, 4) is 0 Å². The van der Waals surface area contributed by atoms with Gasteiger partial charge in [-0.15, -0.1) is 0 Å². The molecule has 3 N–H and O–H groups in total. The second-order valence-electron chi connectivity index (χ2n) is 6.15. The lowest BCUT2D eigenvalue weighted by Gasteiger charge is -2.23. The molecule has 2 aromatic heterocycles. The first-order valence-corrected chi connectivity index (χ1v) is 9.28. The normalized spacial score (nSPS) is 26.6. The molecule has 25 heavy (non-hydrogen) atoms. The highest BCUT2D eigenvalue weighted by molar-refractivity contribution is 7.80. The average molecular weight is 367 g/mol. The summed E-state index contributed by atoms with van der Waals surface area (Å²) in [4.78, 5) is 13.0. The topological polar surface area (TPSA) is 108 Å². The fourth-order valence-corrected chi connectivity index (χ4v) is 3.45. The lowest BCUT2D eigenvalue weighted by molar-refractivity contribution is -0.0665. The van der Waals surface area contributed by atoms with Gasteiger partial charge in [0.25, 0.3) is 0 Å². The van der Waals surface area contributed by atoms with E-state index in [0.717, 1.165) is 25.1 Å². The summed E-state index contributed by atoms with van der Waals surface area (Å²) in [6, 6.07) is 0. The minimum absolute atomic E-state index is 0.330. The Bertz CT molecular complexity index is 725. The number of thiol groups is 1. The maximum Gasteiger partial charge on any atom is 0.167 e. The number of aliphatic hydroxyl groups excluding tert-OH is 1. The molecule has 0 spiro atoms. The van der Waals surface area contributed by atoms with E-state index in [4.69, 9.17) is 15.2 Å². The summed E-state index contributed by atoms with van der Waals surface area (Å²) in [7, 11) is 0. The number of ether oxygens (including phenoxy) is 2. The third kappa shape index (κ3) is 3.33. The molecule has 138 valence electrons. The van der Waals surface area contributed by atoms with Crippen LogP contribution in [0.5, 0.6) is 0 Å². The molecule has 0 radical (unpaired) electrons. The molecule has 3 rings (SSSR count). The van der Waals surface area contributed by atoms with Crippen LogP contribution in [0.4, 0.5) is 5.82 Å². The van der Waals surface area contributed by atoms with Crippen LogP contribution in [0.1, 0.15) is 38.7 Å². The van der Waals surface area contributed by atoms with E-state index in [1.165, 1.54) is 6.33 Å². The van der Waals surface area contributed by atoms with E-state index in [-0.39, 0.29) is 0 Å². The average Bonchev–Trinajstić information content (AvgIpc) is 3.11. The molecule has 0 saturated carbocycles. The van der Waals surface area contributed by atoms with Gasteiger partial charge in [-0.2, -0.15) is 12.6 Å². The minimum atomic E-state index is -0.764. The summed E-state index contributed by atoms with van der Waals surface area (Å²) >= 11 is 4.29. The van der Waals surface area contributed by atoms with Gasteiger partial charge in [-0.25, -0.2) is 15.0 Å². The Morgan fingerprint density at radius 2 is 2.16 bits per heavy atom. The van der Waals surface area contributed by atoms with Gasteiger partial charge >= 0.3 is 0 Å². The Balaban J connectivity index is 2.08. The number of nitrogen functional groups attached to an aromatic ring is 1. The van der Waals surface area contributed by atoms with Crippen LogP contribution in [0.15, 0.2) is 6.33 Å². The van der Waals surface area contributed by atoms with Crippen LogP contribution in [0.2, 0.25) is 0 Å². The number of imidazole rings is 1. The maximum atomic E-state index is 10.6. The first-order chi connectivity index (χ1) is 12.1. The van der Waals surface area contributed by atoms with Crippen LogP contribution in [-0.4, -0.2) is 55.3 Å². The number of fused-ring (bicyclic) bond motifs is 1. The van der Waals surface area contributed by atoms with Crippen LogP contribution in [-0.2, 0) is 15.9 Å². The highest BCUT2D eigenvalue weighted by atomic mass is 32.1. The van der Waals surface area contributed by atoms with Gasteiger partial charge in [0.2, 0.25) is 0 Å². The Morgan fingerprint density at radius 1 is 1.36 bits per heavy atom. The summed E-state index contributed by atoms with van der Waals surface area (Å²) in [5.41, 5.74) is 7.11. The molecule has 0 aromatic carbocycles. The van der Waals surface area contributed by atoms with Gasteiger partial charge in [0.1, 0.15) is 24.4 Å². The highest BCUT2D eigenvalue weighted by Gasteiger charge is 2.46. The smallest absolute Gasteiger partial charge is 0.167 e. The quantitative estimate of drug-likeness (QED) is 0.634. The van der Waals surface area contributed by atoms with E-state index in [1.54, 1.807) is 0 Å². The Morgan fingerprint density at radius 3 is 2.84 bits per heavy atom. The number of aromatic nitrogens is 4. The third-order valence-electron chi connectivity index (χ3n) is 4.31. The van der Waals surface area contributed by atoms with Crippen molar-refractivity contribution in [1.82, 2.24) is 19.5 Å². The van der Waals surface area contributed by atoms with Crippen molar-refractivity contribution < 1.29 is 14.6 Å². The van der Waals surface area contributed by atoms with Crippen molar-refractivity contribution in [2.75, 3.05) is 18.1 Å². The number of hydrogen-bond donors (Lipinski definition) is 3. The molecule has 0 unspecified atom stereocenters. The minimum Gasteiger partial charge on any atom is -0.387 e. The summed E-state index contributed by atoms with van der Waals surface area (Å²) in [5, 5.41) is 10.6. The standard InChI is InChI=1S/C16H25N5O3S/c1-3-5-10-20-11-14(17)18-8-19-15(11)21(10)16-13(23-6-4-2)12(22)9(7-25)24-16/h8-9,12-13,16,22,25H,3-7H2,1-2H3,(H2,17,18,19)/t9-,12-,13-,16-/m1/s1. The van der Waals surface area contributed by atoms with Crippen molar-refractivity contribution in [2.45, 2.75) is 57.6 Å². The fraction of sp³-hybridized carbons (Fsp3) is 0.688. The van der Waals surface area contributed by atoms with Crippen LogP contribution in [0.3, 0.4) is 0 Å². The number of nitrogens with zero attached hydrogens (tertiary/aromatic N) is 4. The number of rotatable bonds is 7. The van der Waals surface area contributed by atoms with E-state index in [0.29, 0.717) is 29.3 Å². The van der Waals surface area contributed by atoms with Crippen molar-refractivity contribution in [2.24, 2.45) is 0 Å². The van der Waals surface area contributed by atoms with Gasteiger partial charge in [0.05, 0.1) is 6.10 Å². The number of hydrogen-bond acceptors (Lipinski definition) is 8. The summed E-state index contributed by atoms with van der Waals surface area (Å²) in [6.45, 7) is 4.63. The van der Waals surface area contributed by atoms with Crippen LogP contribution in [0.25, 0.3) is 11.2 Å². The van der Waals surface area contributed by atoms with Crippen molar-refractivity contribution in [3.05, 3.63) is 12.2 Å². The molecular weight excluding hydrogens is 342 g/mol. The zero-order valence-electron chi connectivity index (χ0n) is 14.5. The molecule has 9 heteroatoms. The number of aliphatic hydroxyl groups is 1. The molecule has 0 amide bonds. The first kappa shape index (κ1) is 18.4. The SMILES string of the molecule is CCCO[C@@H]1[C@H](O)[C@@H](CS)O[C@H]1n1c(CCC)nc2c(N)ncnc21. The molecule has 3 heterocycles. The van der Waals surface area contributed by atoms with E-state index in [2.05, 4.69) is 34.5 Å². The predicted molar refractivity (Wildman–Crippen MR) is 97.5 cm³/mol. The molecule has 0 aliphatic carbocycles. The van der Waals surface area contributed by atoms with Gasteiger partial charge in [-0.1, -0.05) is 13.8 Å². The molecule has 1 aliphatic heterocycles. The molecular formula is C16H25N5O3S. The van der Waals surface area contributed by atoms with Gasteiger partial charge < -0.3 is 20.3 Å². The second-order valence-corrected chi connectivity index (χ2v) is 6.52. The Kier molecular flexibility index (Phi) is 5.78.